The zero-order valence-electron chi connectivity index (χ0n) is 9.59. The van der Waals surface area contributed by atoms with Gasteiger partial charge in [-0.15, -0.1) is 0 Å². The van der Waals surface area contributed by atoms with Crippen molar-refractivity contribution < 1.29 is 4.79 Å². The number of hydrogen-bond acceptors (Lipinski definition) is 3. The summed E-state index contributed by atoms with van der Waals surface area (Å²) in [5, 5.41) is 11.6. The molecule has 0 saturated carbocycles. The highest BCUT2D eigenvalue weighted by Crippen LogP contribution is 2.07. The Labute approximate surface area is 85.9 Å². The maximum Gasteiger partial charge on any atom is 0.242 e. The van der Waals surface area contributed by atoms with Gasteiger partial charge in [0.2, 0.25) is 5.91 Å². The third-order valence-corrected chi connectivity index (χ3v) is 2.27. The van der Waals surface area contributed by atoms with Crippen LogP contribution in [0.5, 0.6) is 0 Å². The summed E-state index contributed by atoms with van der Waals surface area (Å²) in [5.41, 5.74) is -0.566. The van der Waals surface area contributed by atoms with Crippen molar-refractivity contribution in [3.63, 3.8) is 0 Å². The van der Waals surface area contributed by atoms with E-state index in [0.717, 1.165) is 0 Å². The largest absolute Gasteiger partial charge is 0.343 e. The van der Waals surface area contributed by atoms with Crippen LogP contribution in [0.2, 0.25) is 0 Å². The Morgan fingerprint density at radius 3 is 2.50 bits per heavy atom. The molecule has 0 aliphatic carbocycles. The molecule has 14 heavy (non-hydrogen) atoms. The van der Waals surface area contributed by atoms with E-state index in [4.69, 9.17) is 5.26 Å². The summed E-state index contributed by atoms with van der Waals surface area (Å²) in [5.74, 6) is -0.126. The van der Waals surface area contributed by atoms with Gasteiger partial charge in [0, 0.05) is 13.6 Å². The number of likely N-dealkylation sites (N-methyl/N-ethyl adjacent to an activating group) is 2. The molecule has 0 heterocycles. The van der Waals surface area contributed by atoms with Crippen LogP contribution >= 0.6 is 0 Å². The van der Waals surface area contributed by atoms with E-state index in [1.165, 1.54) is 0 Å². The molecule has 0 aromatic heterocycles. The monoisotopic (exact) mass is 197 g/mol. The van der Waals surface area contributed by atoms with Crippen LogP contribution in [0.25, 0.3) is 0 Å². The van der Waals surface area contributed by atoms with Crippen molar-refractivity contribution >= 4 is 5.91 Å². The number of rotatable bonds is 4. The first-order chi connectivity index (χ1) is 6.35. The lowest BCUT2D eigenvalue weighted by Gasteiger charge is -2.29. The topological polar surface area (TPSA) is 56.1 Å². The minimum absolute atomic E-state index is 0.00194. The Bertz CT molecular complexity index is 242. The highest BCUT2D eigenvalue weighted by atomic mass is 16.2. The molecule has 0 aromatic rings. The predicted octanol–water partition coefficient (Wildman–Crippen LogP) is 0.602. The van der Waals surface area contributed by atoms with Gasteiger partial charge in [0.25, 0.3) is 0 Å². The SMILES string of the molecule is CNC(C)(C)C(=O)N(C)CC(C)C#N. The molecule has 1 unspecified atom stereocenters. The molecule has 0 rings (SSSR count). The summed E-state index contributed by atoms with van der Waals surface area (Å²) in [6, 6.07) is 2.11. The number of carbonyl (C=O) groups is 1. The van der Waals surface area contributed by atoms with Gasteiger partial charge in [0.15, 0.2) is 0 Å². The van der Waals surface area contributed by atoms with Crippen LogP contribution in [0.1, 0.15) is 20.8 Å². The zero-order chi connectivity index (χ0) is 11.4. The summed E-state index contributed by atoms with van der Waals surface area (Å²) in [7, 11) is 3.47. The molecule has 4 nitrogen and oxygen atoms in total. The van der Waals surface area contributed by atoms with E-state index in [-0.39, 0.29) is 11.8 Å². The molecule has 1 atom stereocenters. The lowest BCUT2D eigenvalue weighted by Crippen LogP contribution is -2.52. The lowest BCUT2D eigenvalue weighted by atomic mass is 10.0. The van der Waals surface area contributed by atoms with Gasteiger partial charge in [-0.1, -0.05) is 0 Å². The molecule has 0 aromatic carbocycles. The summed E-state index contributed by atoms with van der Waals surface area (Å²) in [4.78, 5) is 13.4. The van der Waals surface area contributed by atoms with E-state index < -0.39 is 5.54 Å². The quantitative estimate of drug-likeness (QED) is 0.718. The van der Waals surface area contributed by atoms with E-state index in [1.807, 2.05) is 13.8 Å². The van der Waals surface area contributed by atoms with Crippen molar-refractivity contribution in [1.82, 2.24) is 10.2 Å². The summed E-state index contributed by atoms with van der Waals surface area (Å²) in [6.07, 6.45) is 0. The van der Waals surface area contributed by atoms with Crippen molar-refractivity contribution in [3.05, 3.63) is 0 Å². The zero-order valence-corrected chi connectivity index (χ0v) is 9.59. The predicted molar refractivity (Wildman–Crippen MR) is 55.6 cm³/mol. The molecular weight excluding hydrogens is 178 g/mol. The molecule has 1 amide bonds. The molecule has 0 aliphatic rings. The number of hydrogen-bond donors (Lipinski definition) is 1. The van der Waals surface area contributed by atoms with Gasteiger partial charge in [-0.25, -0.2) is 0 Å². The number of nitrogens with one attached hydrogen (secondary N) is 1. The third-order valence-electron chi connectivity index (χ3n) is 2.27. The van der Waals surface area contributed by atoms with Crippen molar-refractivity contribution in [2.45, 2.75) is 26.3 Å². The van der Waals surface area contributed by atoms with E-state index in [2.05, 4.69) is 11.4 Å². The van der Waals surface area contributed by atoms with Crippen molar-refractivity contribution in [2.24, 2.45) is 5.92 Å². The normalized spacial score (nSPS) is 13.1. The van der Waals surface area contributed by atoms with Crippen LogP contribution in [0.4, 0.5) is 0 Å². The first-order valence-corrected chi connectivity index (χ1v) is 4.69. The molecule has 80 valence electrons. The van der Waals surface area contributed by atoms with Crippen LogP contribution < -0.4 is 5.32 Å². The van der Waals surface area contributed by atoms with Gasteiger partial charge >= 0.3 is 0 Å². The summed E-state index contributed by atoms with van der Waals surface area (Å²) >= 11 is 0. The number of nitrogens with zero attached hydrogens (tertiary/aromatic N) is 2. The second-order valence-electron chi connectivity index (χ2n) is 4.09. The molecular formula is C10H19N3O. The number of carbonyl (C=O) groups excluding carboxylic acids is 1. The molecule has 1 N–H and O–H groups in total. The Morgan fingerprint density at radius 1 is 1.64 bits per heavy atom. The maximum atomic E-state index is 11.8. The lowest BCUT2D eigenvalue weighted by molar-refractivity contribution is -0.135. The third kappa shape index (κ3) is 3.35. The highest BCUT2D eigenvalue weighted by Gasteiger charge is 2.28. The van der Waals surface area contributed by atoms with Crippen LogP contribution in [-0.4, -0.2) is 37.0 Å². The first-order valence-electron chi connectivity index (χ1n) is 4.69. The maximum absolute atomic E-state index is 11.8. The Morgan fingerprint density at radius 2 is 2.14 bits per heavy atom. The van der Waals surface area contributed by atoms with Gasteiger partial charge in [0.05, 0.1) is 17.5 Å². The van der Waals surface area contributed by atoms with Gasteiger partial charge < -0.3 is 10.2 Å². The molecule has 0 radical (unpaired) electrons. The highest BCUT2D eigenvalue weighted by molar-refractivity contribution is 5.85. The van der Waals surface area contributed by atoms with Crippen molar-refractivity contribution in [3.8, 4) is 6.07 Å². The van der Waals surface area contributed by atoms with Gasteiger partial charge in [0.1, 0.15) is 0 Å². The second-order valence-corrected chi connectivity index (χ2v) is 4.09. The standard InChI is InChI=1S/C10H19N3O/c1-8(6-11)7-13(5)9(14)10(2,3)12-4/h8,12H,7H2,1-5H3. The smallest absolute Gasteiger partial charge is 0.242 e. The molecule has 0 aliphatic heterocycles. The minimum atomic E-state index is -0.566. The average molecular weight is 197 g/mol. The van der Waals surface area contributed by atoms with Gasteiger partial charge in [-0.2, -0.15) is 5.26 Å². The van der Waals surface area contributed by atoms with E-state index in [1.54, 1.807) is 25.9 Å². The van der Waals surface area contributed by atoms with Gasteiger partial charge in [-0.3, -0.25) is 4.79 Å². The fourth-order valence-electron chi connectivity index (χ4n) is 1.12. The Hall–Kier alpha value is -1.08. The molecule has 0 fully saturated rings. The summed E-state index contributed by atoms with van der Waals surface area (Å²) < 4.78 is 0. The van der Waals surface area contributed by atoms with Crippen LogP contribution in [0, 0.1) is 17.2 Å². The van der Waals surface area contributed by atoms with Crippen molar-refractivity contribution in [1.29, 1.82) is 5.26 Å². The van der Waals surface area contributed by atoms with Crippen LogP contribution in [0.15, 0.2) is 0 Å². The number of nitriles is 1. The van der Waals surface area contributed by atoms with E-state index in [0.29, 0.717) is 6.54 Å². The Kier molecular flexibility index (Phi) is 4.58. The molecule has 0 saturated heterocycles. The fourth-order valence-corrected chi connectivity index (χ4v) is 1.12. The molecule has 0 bridgehead atoms. The molecule has 0 spiro atoms. The summed E-state index contributed by atoms with van der Waals surface area (Å²) in [6.45, 7) is 5.92. The van der Waals surface area contributed by atoms with E-state index in [9.17, 15) is 4.79 Å². The van der Waals surface area contributed by atoms with Crippen LogP contribution in [0.3, 0.4) is 0 Å². The first kappa shape index (κ1) is 12.9. The van der Waals surface area contributed by atoms with Crippen molar-refractivity contribution in [2.75, 3.05) is 20.6 Å². The number of amides is 1. The Balaban J connectivity index is 4.34. The fraction of sp³-hybridized carbons (Fsp3) is 0.800. The second kappa shape index (κ2) is 4.97. The molecule has 4 heteroatoms. The van der Waals surface area contributed by atoms with Crippen LogP contribution in [-0.2, 0) is 4.79 Å². The average Bonchev–Trinajstić information content (AvgIpc) is 2.16. The minimum Gasteiger partial charge on any atom is -0.343 e. The van der Waals surface area contributed by atoms with Gasteiger partial charge in [-0.05, 0) is 27.8 Å². The van der Waals surface area contributed by atoms with E-state index >= 15 is 0 Å².